The summed E-state index contributed by atoms with van der Waals surface area (Å²) in [5.41, 5.74) is 2.64. The molecule has 0 bridgehead atoms. The van der Waals surface area contributed by atoms with E-state index < -0.39 is 0 Å². The molecule has 25 heavy (non-hydrogen) atoms. The van der Waals surface area contributed by atoms with Crippen LogP contribution in [0.1, 0.15) is 38.5 Å². The molecule has 0 aliphatic heterocycles. The zero-order valence-corrected chi connectivity index (χ0v) is 14.1. The third kappa shape index (κ3) is 3.68. The van der Waals surface area contributed by atoms with Crippen LogP contribution in [0.3, 0.4) is 0 Å². The van der Waals surface area contributed by atoms with Crippen molar-refractivity contribution in [2.24, 2.45) is 5.92 Å². The van der Waals surface area contributed by atoms with Gasteiger partial charge in [0.2, 0.25) is 5.91 Å². The van der Waals surface area contributed by atoms with Gasteiger partial charge in [-0.15, -0.1) is 5.10 Å². The van der Waals surface area contributed by atoms with Gasteiger partial charge in [-0.25, -0.2) is 4.98 Å². The van der Waals surface area contributed by atoms with Crippen molar-refractivity contribution in [3.05, 3.63) is 42.9 Å². The van der Waals surface area contributed by atoms with E-state index in [0.29, 0.717) is 12.2 Å². The van der Waals surface area contributed by atoms with Crippen LogP contribution in [0.15, 0.2) is 42.9 Å². The van der Waals surface area contributed by atoms with Crippen LogP contribution < -0.4 is 5.32 Å². The molecule has 1 aliphatic carbocycles. The number of benzene rings is 1. The van der Waals surface area contributed by atoms with Crippen LogP contribution in [0.5, 0.6) is 0 Å². The molecule has 0 unspecified atom stereocenters. The second kappa shape index (κ2) is 7.01. The van der Waals surface area contributed by atoms with Gasteiger partial charge in [0.05, 0.1) is 11.9 Å². The minimum absolute atomic E-state index is 0.0997. The first-order valence-corrected chi connectivity index (χ1v) is 8.84. The Morgan fingerprint density at radius 2 is 2.00 bits per heavy atom. The van der Waals surface area contributed by atoms with Crippen molar-refractivity contribution in [3.63, 3.8) is 0 Å². The fraction of sp³-hybridized carbons (Fsp3) is 0.368. The quantitative estimate of drug-likeness (QED) is 0.771. The molecule has 6 nitrogen and oxygen atoms in total. The van der Waals surface area contributed by atoms with Crippen molar-refractivity contribution in [1.82, 2.24) is 19.6 Å². The Labute approximate surface area is 146 Å². The summed E-state index contributed by atoms with van der Waals surface area (Å²) in [5.74, 6) is 1.41. The molecular formula is C19H21N5O. The first kappa shape index (κ1) is 15.7. The van der Waals surface area contributed by atoms with Crippen molar-refractivity contribution < 1.29 is 4.79 Å². The number of fused-ring (bicyclic) bond motifs is 1. The number of imidazole rings is 1. The minimum Gasteiger partial charge on any atom is -0.326 e. The molecule has 0 atom stereocenters. The maximum Gasteiger partial charge on any atom is 0.254 e. The summed E-state index contributed by atoms with van der Waals surface area (Å²) in [6, 6.07) is 7.75. The lowest BCUT2D eigenvalue weighted by atomic mass is 10.0. The fourth-order valence-corrected chi connectivity index (χ4v) is 3.48. The number of carbonyl (C=O) groups excluding carboxylic acids is 1. The fourth-order valence-electron chi connectivity index (χ4n) is 3.48. The predicted octanol–water partition coefficient (Wildman–Crippen LogP) is 3.70. The Bertz CT molecular complexity index is 832. The number of hydrogen-bond donors (Lipinski definition) is 1. The van der Waals surface area contributed by atoms with Crippen molar-refractivity contribution >= 4 is 17.4 Å². The summed E-state index contributed by atoms with van der Waals surface area (Å²) in [7, 11) is 0. The smallest absolute Gasteiger partial charge is 0.254 e. The normalized spacial score (nSPS) is 14.9. The summed E-state index contributed by atoms with van der Waals surface area (Å²) in [4.78, 5) is 16.5. The molecule has 1 aliphatic rings. The van der Waals surface area contributed by atoms with E-state index in [-0.39, 0.29) is 5.91 Å². The van der Waals surface area contributed by atoms with Crippen LogP contribution in [0.25, 0.3) is 17.0 Å². The van der Waals surface area contributed by atoms with E-state index in [1.165, 1.54) is 25.7 Å². The largest absolute Gasteiger partial charge is 0.326 e. The molecule has 1 amide bonds. The van der Waals surface area contributed by atoms with E-state index in [4.69, 9.17) is 0 Å². The van der Waals surface area contributed by atoms with Gasteiger partial charge in [0.15, 0.2) is 0 Å². The van der Waals surface area contributed by atoms with E-state index in [0.717, 1.165) is 29.3 Å². The number of carbonyl (C=O) groups is 1. The van der Waals surface area contributed by atoms with Gasteiger partial charge < -0.3 is 5.32 Å². The molecule has 2 heterocycles. The highest BCUT2D eigenvalue weighted by atomic mass is 16.1. The Morgan fingerprint density at radius 1 is 1.20 bits per heavy atom. The number of hydrogen-bond acceptors (Lipinski definition) is 4. The standard InChI is InChI=1S/C19H21N5O/c25-18(10-5-14-3-1-2-4-14)21-16-8-6-15(7-9-16)17-13-24-12-11-20-23-19(24)22-17/h6-9,11-14H,1-5,10H2,(H,21,25). The van der Waals surface area contributed by atoms with Crippen LogP contribution in [0.4, 0.5) is 5.69 Å². The predicted molar refractivity (Wildman–Crippen MR) is 96.0 cm³/mol. The Balaban J connectivity index is 1.38. The van der Waals surface area contributed by atoms with Gasteiger partial charge in [0, 0.05) is 30.1 Å². The van der Waals surface area contributed by atoms with Gasteiger partial charge in [-0.3, -0.25) is 9.20 Å². The van der Waals surface area contributed by atoms with Gasteiger partial charge in [-0.1, -0.05) is 37.8 Å². The number of aromatic nitrogens is 4. The maximum absolute atomic E-state index is 12.1. The molecular weight excluding hydrogens is 314 g/mol. The van der Waals surface area contributed by atoms with Crippen molar-refractivity contribution in [3.8, 4) is 11.3 Å². The van der Waals surface area contributed by atoms with Gasteiger partial charge in [-0.2, -0.15) is 5.10 Å². The first-order chi connectivity index (χ1) is 12.3. The second-order valence-corrected chi connectivity index (χ2v) is 6.66. The van der Waals surface area contributed by atoms with Crippen molar-refractivity contribution in [1.29, 1.82) is 0 Å². The van der Waals surface area contributed by atoms with E-state index in [1.807, 2.05) is 41.1 Å². The van der Waals surface area contributed by atoms with Gasteiger partial charge in [-0.05, 0) is 24.5 Å². The molecule has 0 radical (unpaired) electrons. The Kier molecular flexibility index (Phi) is 4.41. The highest BCUT2D eigenvalue weighted by Gasteiger charge is 2.16. The molecule has 6 heteroatoms. The topological polar surface area (TPSA) is 72.2 Å². The molecule has 1 saturated carbocycles. The molecule has 4 rings (SSSR count). The lowest BCUT2D eigenvalue weighted by Crippen LogP contribution is -2.12. The number of amides is 1. The molecule has 2 aromatic heterocycles. The van der Waals surface area contributed by atoms with Crippen LogP contribution in [0.2, 0.25) is 0 Å². The van der Waals surface area contributed by atoms with Gasteiger partial charge >= 0.3 is 0 Å². The monoisotopic (exact) mass is 335 g/mol. The molecule has 0 saturated heterocycles. The summed E-state index contributed by atoms with van der Waals surface area (Å²) in [6.45, 7) is 0. The van der Waals surface area contributed by atoms with Crippen LogP contribution >= 0.6 is 0 Å². The van der Waals surface area contributed by atoms with Crippen molar-refractivity contribution in [2.75, 3.05) is 5.32 Å². The number of nitrogens with one attached hydrogen (secondary N) is 1. The molecule has 1 fully saturated rings. The molecule has 3 aromatic rings. The van der Waals surface area contributed by atoms with E-state index in [9.17, 15) is 4.79 Å². The SMILES string of the molecule is O=C(CCC1CCCC1)Nc1ccc(-c2cn3ccnnc3n2)cc1. The zero-order valence-electron chi connectivity index (χ0n) is 14.1. The zero-order chi connectivity index (χ0) is 17.1. The second-order valence-electron chi connectivity index (χ2n) is 6.66. The average Bonchev–Trinajstić information content (AvgIpc) is 3.30. The average molecular weight is 335 g/mol. The third-order valence-corrected chi connectivity index (χ3v) is 4.87. The number of nitrogens with zero attached hydrogens (tertiary/aromatic N) is 4. The molecule has 128 valence electrons. The maximum atomic E-state index is 12.1. The van der Waals surface area contributed by atoms with Crippen molar-refractivity contribution in [2.45, 2.75) is 38.5 Å². The lowest BCUT2D eigenvalue weighted by molar-refractivity contribution is -0.116. The highest BCUT2D eigenvalue weighted by Crippen LogP contribution is 2.28. The van der Waals surface area contributed by atoms with Crippen LogP contribution in [-0.2, 0) is 4.79 Å². The van der Waals surface area contributed by atoms with E-state index in [1.54, 1.807) is 6.20 Å². The summed E-state index contributed by atoms with van der Waals surface area (Å²) in [5, 5.41) is 10.8. The molecule has 0 spiro atoms. The van der Waals surface area contributed by atoms with Gasteiger partial charge in [0.25, 0.3) is 5.78 Å². The lowest BCUT2D eigenvalue weighted by Gasteiger charge is -2.09. The van der Waals surface area contributed by atoms with Gasteiger partial charge in [0.1, 0.15) is 0 Å². The summed E-state index contributed by atoms with van der Waals surface area (Å²) in [6.07, 6.45) is 12.2. The summed E-state index contributed by atoms with van der Waals surface area (Å²) < 4.78 is 1.83. The number of rotatable bonds is 5. The number of anilines is 1. The third-order valence-electron chi connectivity index (χ3n) is 4.87. The minimum atomic E-state index is 0.0997. The first-order valence-electron chi connectivity index (χ1n) is 8.84. The Hall–Kier alpha value is -2.76. The van der Waals surface area contributed by atoms with Crippen LogP contribution in [-0.4, -0.2) is 25.5 Å². The Morgan fingerprint density at radius 3 is 2.76 bits per heavy atom. The highest BCUT2D eigenvalue weighted by molar-refractivity contribution is 5.90. The van der Waals surface area contributed by atoms with Crippen LogP contribution in [0, 0.1) is 5.92 Å². The van der Waals surface area contributed by atoms with E-state index in [2.05, 4.69) is 20.5 Å². The molecule has 1 N–H and O–H groups in total. The summed E-state index contributed by atoms with van der Waals surface area (Å²) >= 11 is 0. The molecule has 1 aromatic carbocycles. The van der Waals surface area contributed by atoms with E-state index >= 15 is 0 Å².